The first kappa shape index (κ1) is 20.9. The Bertz CT molecular complexity index is 1040. The van der Waals surface area contributed by atoms with Crippen LogP contribution in [0.1, 0.15) is 23.2 Å². The van der Waals surface area contributed by atoms with E-state index in [1.54, 1.807) is 12.1 Å². The van der Waals surface area contributed by atoms with Gasteiger partial charge in [0.05, 0.1) is 12.1 Å². The van der Waals surface area contributed by atoms with Crippen LogP contribution in [-0.4, -0.2) is 46.9 Å². The molecular weight excluding hydrogens is 426 g/mol. The lowest BCUT2D eigenvalue weighted by atomic mass is 9.65. The van der Waals surface area contributed by atoms with Gasteiger partial charge in [0.1, 0.15) is 11.6 Å². The summed E-state index contributed by atoms with van der Waals surface area (Å²) in [6.07, 6.45) is 0. The van der Waals surface area contributed by atoms with E-state index >= 15 is 0 Å². The number of amides is 4. The van der Waals surface area contributed by atoms with Crippen molar-refractivity contribution in [3.8, 4) is 0 Å². The number of carbonyl (C=O) groups is 3. The van der Waals surface area contributed by atoms with E-state index in [0.29, 0.717) is 0 Å². The van der Waals surface area contributed by atoms with E-state index in [9.17, 15) is 23.2 Å². The number of rotatable bonds is 2. The summed E-state index contributed by atoms with van der Waals surface area (Å²) in [5, 5.41) is 5.65. The van der Waals surface area contributed by atoms with Crippen molar-refractivity contribution >= 4 is 35.2 Å². The fourth-order valence-electron chi connectivity index (χ4n) is 4.30. The van der Waals surface area contributed by atoms with Crippen LogP contribution < -0.4 is 10.6 Å². The molecule has 2 aliphatic rings. The Morgan fingerprint density at radius 2 is 1.19 bits per heavy atom. The van der Waals surface area contributed by atoms with Crippen LogP contribution in [0.4, 0.5) is 13.6 Å². The summed E-state index contributed by atoms with van der Waals surface area (Å²) < 4.78 is 29.8. The van der Waals surface area contributed by atoms with Crippen LogP contribution >= 0.6 is 12.2 Å². The van der Waals surface area contributed by atoms with Gasteiger partial charge in [-0.3, -0.25) is 19.4 Å². The average molecular weight is 444 g/mol. The Balaban J connectivity index is 2.06. The van der Waals surface area contributed by atoms with Crippen molar-refractivity contribution < 1.29 is 23.2 Å². The molecule has 2 N–H and O–H groups in total. The fourth-order valence-corrected chi connectivity index (χ4v) is 4.54. The molecule has 2 aromatic carbocycles. The van der Waals surface area contributed by atoms with E-state index in [0.717, 1.165) is 9.80 Å². The molecule has 0 aromatic heterocycles. The summed E-state index contributed by atoms with van der Waals surface area (Å²) in [6, 6.07) is 7.78. The number of halogens is 2. The van der Waals surface area contributed by atoms with Gasteiger partial charge in [0.2, 0.25) is 0 Å². The van der Waals surface area contributed by atoms with E-state index in [4.69, 9.17) is 12.2 Å². The smallest absolute Gasteiger partial charge is 0.332 e. The molecule has 4 amide bonds. The number of nitrogens with one attached hydrogen (secondary N) is 2. The van der Waals surface area contributed by atoms with Crippen molar-refractivity contribution in [2.75, 3.05) is 14.1 Å². The molecule has 2 unspecified atom stereocenters. The summed E-state index contributed by atoms with van der Waals surface area (Å²) in [6.45, 7) is 0. The second-order valence-corrected chi connectivity index (χ2v) is 7.82. The predicted octanol–water partition coefficient (Wildman–Crippen LogP) is 2.26. The molecule has 2 aliphatic heterocycles. The largest absolute Gasteiger partial charge is 0.354 e. The highest BCUT2D eigenvalue weighted by molar-refractivity contribution is 7.80. The van der Waals surface area contributed by atoms with Crippen LogP contribution in [0.5, 0.6) is 0 Å². The lowest BCUT2D eigenvalue weighted by Crippen LogP contribution is -2.73. The third-order valence-electron chi connectivity index (χ3n) is 5.78. The fraction of sp³-hybridized carbons (Fsp3) is 0.238. The second-order valence-electron chi connectivity index (χ2n) is 7.41. The number of barbiturate groups is 1. The number of carbonyl (C=O) groups excluding carboxylic acids is 3. The minimum Gasteiger partial charge on any atom is -0.354 e. The number of urea groups is 1. The topological polar surface area (TPSA) is 81.8 Å². The van der Waals surface area contributed by atoms with Gasteiger partial charge < -0.3 is 10.6 Å². The molecule has 7 nitrogen and oxygen atoms in total. The first-order chi connectivity index (χ1) is 14.7. The van der Waals surface area contributed by atoms with E-state index in [1.165, 1.54) is 50.5 Å². The summed E-state index contributed by atoms with van der Waals surface area (Å²) in [5.74, 6) is -3.16. The van der Waals surface area contributed by atoms with Crippen molar-refractivity contribution in [2.24, 2.45) is 5.41 Å². The van der Waals surface area contributed by atoms with Crippen molar-refractivity contribution in [1.82, 2.24) is 20.4 Å². The summed E-state index contributed by atoms with van der Waals surface area (Å²) in [7, 11) is 2.44. The molecule has 2 heterocycles. The van der Waals surface area contributed by atoms with Crippen molar-refractivity contribution in [1.29, 1.82) is 0 Å². The van der Waals surface area contributed by atoms with Gasteiger partial charge in [-0.25, -0.2) is 13.6 Å². The van der Waals surface area contributed by atoms with Gasteiger partial charge in [0.15, 0.2) is 10.5 Å². The molecule has 1 spiro atoms. The Kier molecular flexibility index (Phi) is 4.97. The van der Waals surface area contributed by atoms with E-state index in [1.807, 2.05) is 0 Å². The molecule has 0 radical (unpaired) electrons. The second kappa shape index (κ2) is 7.38. The summed E-state index contributed by atoms with van der Waals surface area (Å²) >= 11 is 5.27. The highest BCUT2D eigenvalue weighted by Gasteiger charge is 2.67. The Hall–Kier alpha value is -3.40. The Morgan fingerprint density at radius 1 is 0.806 bits per heavy atom. The molecule has 2 atom stereocenters. The molecule has 2 saturated heterocycles. The number of imide groups is 2. The molecule has 31 heavy (non-hydrogen) atoms. The van der Waals surface area contributed by atoms with Crippen LogP contribution in [0, 0.1) is 17.0 Å². The Labute approximate surface area is 182 Å². The molecular formula is C21H18F2N4O3S. The van der Waals surface area contributed by atoms with E-state index in [-0.39, 0.29) is 16.2 Å². The molecule has 2 aromatic rings. The monoisotopic (exact) mass is 444 g/mol. The van der Waals surface area contributed by atoms with Gasteiger partial charge in [-0.15, -0.1) is 0 Å². The zero-order valence-corrected chi connectivity index (χ0v) is 17.4. The molecule has 10 heteroatoms. The number of benzene rings is 2. The molecule has 0 saturated carbocycles. The maximum absolute atomic E-state index is 14.9. The quantitative estimate of drug-likeness (QED) is 0.546. The van der Waals surface area contributed by atoms with Crippen molar-refractivity contribution in [2.45, 2.75) is 12.1 Å². The maximum atomic E-state index is 14.9. The standard InChI is InChI=1S/C21H18F2N4O3S/c1-26-17(28)21(18(29)27(2)20(26)30)15(11-7-3-5-9-13(11)22)24-19(31)25-16(21)12-8-4-6-10-14(12)23/h3-10,15-16H,1-2H3,(H2,24,25,31). The minimum absolute atomic E-state index is 0.00876. The third-order valence-corrected chi connectivity index (χ3v) is 6.02. The molecule has 0 bridgehead atoms. The normalized spacial score (nSPS) is 23.1. The molecule has 2 fully saturated rings. The van der Waals surface area contributed by atoms with Gasteiger partial charge in [-0.05, 0) is 24.4 Å². The minimum atomic E-state index is -2.13. The lowest BCUT2D eigenvalue weighted by Gasteiger charge is -2.52. The third kappa shape index (κ3) is 2.89. The zero-order valence-electron chi connectivity index (χ0n) is 16.6. The van der Waals surface area contributed by atoms with Crippen LogP contribution in [0.2, 0.25) is 0 Å². The maximum Gasteiger partial charge on any atom is 0.332 e. The average Bonchev–Trinajstić information content (AvgIpc) is 2.76. The highest BCUT2D eigenvalue weighted by atomic mass is 32.1. The lowest BCUT2D eigenvalue weighted by molar-refractivity contribution is -0.163. The van der Waals surface area contributed by atoms with Gasteiger partial charge in [-0.2, -0.15) is 0 Å². The van der Waals surface area contributed by atoms with Gasteiger partial charge in [0, 0.05) is 25.2 Å². The number of hydrogen-bond acceptors (Lipinski definition) is 4. The van der Waals surface area contributed by atoms with E-state index < -0.39 is 47.0 Å². The molecule has 4 rings (SSSR count). The summed E-state index contributed by atoms with van der Waals surface area (Å²) in [5.41, 5.74) is -2.15. The SMILES string of the molecule is CN1C(=O)N(C)C(=O)C2(C1=O)C(c1ccccc1F)NC(=S)NC2c1ccccc1F. The van der Waals surface area contributed by atoms with Gasteiger partial charge in [-0.1, -0.05) is 36.4 Å². The van der Waals surface area contributed by atoms with Crippen LogP contribution in [0.15, 0.2) is 48.5 Å². The molecule has 0 aliphatic carbocycles. The predicted molar refractivity (Wildman–Crippen MR) is 111 cm³/mol. The first-order valence-electron chi connectivity index (χ1n) is 9.37. The number of thiocarbonyl (C=S) groups is 1. The van der Waals surface area contributed by atoms with Crippen molar-refractivity contribution in [3.05, 3.63) is 71.3 Å². The van der Waals surface area contributed by atoms with Crippen LogP contribution in [0.3, 0.4) is 0 Å². The number of nitrogens with zero attached hydrogens (tertiary/aromatic N) is 2. The van der Waals surface area contributed by atoms with E-state index in [2.05, 4.69) is 10.6 Å². The van der Waals surface area contributed by atoms with Crippen molar-refractivity contribution in [3.63, 3.8) is 0 Å². The number of hydrogen-bond donors (Lipinski definition) is 2. The van der Waals surface area contributed by atoms with Crippen LogP contribution in [-0.2, 0) is 9.59 Å². The Morgan fingerprint density at radius 3 is 1.58 bits per heavy atom. The highest BCUT2D eigenvalue weighted by Crippen LogP contribution is 2.51. The zero-order chi connectivity index (χ0) is 22.5. The van der Waals surface area contributed by atoms with Gasteiger partial charge >= 0.3 is 6.03 Å². The summed E-state index contributed by atoms with van der Waals surface area (Å²) in [4.78, 5) is 41.3. The van der Waals surface area contributed by atoms with Crippen LogP contribution in [0.25, 0.3) is 0 Å². The first-order valence-corrected chi connectivity index (χ1v) is 9.78. The van der Waals surface area contributed by atoms with Gasteiger partial charge in [0.25, 0.3) is 11.8 Å². The molecule has 160 valence electrons.